The van der Waals surface area contributed by atoms with Crippen molar-refractivity contribution < 1.29 is 48.1 Å². The van der Waals surface area contributed by atoms with E-state index in [-0.39, 0.29) is 25.4 Å². The normalized spacial score (nSPS) is 11.2. The summed E-state index contributed by atoms with van der Waals surface area (Å²) in [6, 6.07) is 18.3. The Morgan fingerprint density at radius 3 is 1.93 bits per heavy atom. The van der Waals surface area contributed by atoms with Crippen molar-refractivity contribution in [1.29, 1.82) is 0 Å². The van der Waals surface area contributed by atoms with Gasteiger partial charge < -0.3 is 18.9 Å². The molecule has 0 bridgehead atoms. The van der Waals surface area contributed by atoms with E-state index in [9.17, 15) is 9.59 Å². The van der Waals surface area contributed by atoms with Crippen LogP contribution in [0.2, 0.25) is 0 Å². The number of esters is 2. The molecule has 10 nitrogen and oxygen atoms in total. The lowest BCUT2D eigenvalue weighted by Crippen LogP contribution is -2.07. The van der Waals surface area contributed by atoms with Crippen LogP contribution in [-0.4, -0.2) is 53.6 Å². The predicted molar refractivity (Wildman–Crippen MR) is 154 cm³/mol. The van der Waals surface area contributed by atoms with Crippen LogP contribution in [0.1, 0.15) is 31.8 Å². The Morgan fingerprint density at radius 1 is 0.619 bits per heavy atom. The first-order chi connectivity index (χ1) is 20.5. The second kappa shape index (κ2) is 14.9. The Morgan fingerprint density at radius 2 is 1.24 bits per heavy atom. The molecule has 0 saturated carbocycles. The van der Waals surface area contributed by atoms with Crippen molar-refractivity contribution in [1.82, 2.24) is 0 Å². The Balaban J connectivity index is 1.44. The minimum Gasteiger partial charge on any atom is -0.489 e. The van der Waals surface area contributed by atoms with Gasteiger partial charge in [0.25, 0.3) is 0 Å². The lowest BCUT2D eigenvalue weighted by atomic mass is 10.0. The number of fused-ring (bicyclic) bond motifs is 2. The Kier molecular flexibility index (Phi) is 10.8. The molecule has 0 heterocycles. The summed E-state index contributed by atoms with van der Waals surface area (Å²) < 4.78 is 21.7. The molecule has 0 N–H and O–H groups in total. The van der Waals surface area contributed by atoms with Crippen molar-refractivity contribution in [3.8, 4) is 11.5 Å². The largest absolute Gasteiger partial charge is 0.489 e. The Hall–Kier alpha value is -4.48. The molecule has 4 aromatic carbocycles. The third-order valence-corrected chi connectivity index (χ3v) is 6.36. The second-order valence-electron chi connectivity index (χ2n) is 8.99. The van der Waals surface area contributed by atoms with E-state index in [0.29, 0.717) is 29.1 Å². The summed E-state index contributed by atoms with van der Waals surface area (Å²) in [7, 11) is 5.53. The summed E-state index contributed by atoms with van der Waals surface area (Å²) in [5.74, 6) is -0.00839. The zero-order valence-electron chi connectivity index (χ0n) is 23.8. The second-order valence-corrected chi connectivity index (χ2v) is 8.99. The molecular weight excluding hydrogens is 544 g/mol. The molecule has 0 saturated heterocycles. The van der Waals surface area contributed by atoms with Gasteiger partial charge in [-0.1, -0.05) is 18.2 Å². The van der Waals surface area contributed by atoms with Crippen LogP contribution < -0.4 is 9.47 Å². The van der Waals surface area contributed by atoms with Gasteiger partial charge in [-0.2, -0.15) is 0 Å². The lowest BCUT2D eigenvalue weighted by molar-refractivity contribution is -0.282. The monoisotopic (exact) mass is 576 g/mol. The summed E-state index contributed by atoms with van der Waals surface area (Å²) >= 11 is 0. The zero-order chi connectivity index (χ0) is 29.9. The van der Waals surface area contributed by atoms with E-state index in [1.807, 2.05) is 36.4 Å². The molecule has 4 aromatic rings. The third-order valence-electron chi connectivity index (χ3n) is 6.36. The lowest BCUT2D eigenvalue weighted by Gasteiger charge is -2.13. The van der Waals surface area contributed by atoms with Crippen LogP contribution in [0.5, 0.6) is 11.5 Å². The highest BCUT2D eigenvalue weighted by Crippen LogP contribution is 2.29. The molecule has 42 heavy (non-hydrogen) atoms. The number of ether oxygens (including phenoxy) is 4. The van der Waals surface area contributed by atoms with Crippen molar-refractivity contribution in [2.75, 3.05) is 41.7 Å². The SMILES string of the molecule is COOCc1ccc2cc(OCC=CCOc3cc4ccc(C(=O)OC)cc4cc3C(=O)OC)c(COOC)cc2c1. The van der Waals surface area contributed by atoms with Crippen LogP contribution in [0.25, 0.3) is 21.5 Å². The maximum absolute atomic E-state index is 12.4. The van der Waals surface area contributed by atoms with Gasteiger partial charge >= 0.3 is 11.9 Å². The summed E-state index contributed by atoms with van der Waals surface area (Å²) in [6.45, 7) is 0.986. The van der Waals surface area contributed by atoms with Gasteiger partial charge in [-0.3, -0.25) is 0 Å². The van der Waals surface area contributed by atoms with E-state index in [0.717, 1.165) is 27.3 Å². The highest BCUT2D eigenvalue weighted by atomic mass is 17.2. The summed E-state index contributed by atoms with van der Waals surface area (Å²) in [5.41, 5.74) is 2.40. The molecule has 0 aliphatic heterocycles. The van der Waals surface area contributed by atoms with Crippen molar-refractivity contribution in [3.63, 3.8) is 0 Å². The van der Waals surface area contributed by atoms with Crippen LogP contribution in [0.3, 0.4) is 0 Å². The van der Waals surface area contributed by atoms with Gasteiger partial charge in [-0.25, -0.2) is 29.1 Å². The molecule has 0 spiro atoms. The van der Waals surface area contributed by atoms with E-state index in [4.69, 9.17) is 38.5 Å². The quantitative estimate of drug-likeness (QED) is 0.0798. The maximum atomic E-state index is 12.4. The fourth-order valence-corrected chi connectivity index (χ4v) is 4.28. The van der Waals surface area contributed by atoms with Crippen LogP contribution in [0.15, 0.2) is 72.8 Å². The van der Waals surface area contributed by atoms with Crippen molar-refractivity contribution in [3.05, 3.63) is 95.1 Å². The molecular formula is C32H32O10. The van der Waals surface area contributed by atoms with Gasteiger partial charge in [0.15, 0.2) is 0 Å². The Labute approximate surface area is 243 Å². The smallest absolute Gasteiger partial charge is 0.341 e. The van der Waals surface area contributed by atoms with Gasteiger partial charge in [0.05, 0.1) is 34.0 Å². The predicted octanol–water partition coefficient (Wildman–Crippen LogP) is 5.74. The number of carbonyl (C=O) groups is 2. The number of hydrogen-bond acceptors (Lipinski definition) is 10. The van der Waals surface area contributed by atoms with Crippen LogP contribution in [0, 0.1) is 0 Å². The van der Waals surface area contributed by atoms with E-state index in [1.165, 1.54) is 28.4 Å². The molecule has 0 atom stereocenters. The first-order valence-corrected chi connectivity index (χ1v) is 13.0. The molecule has 0 radical (unpaired) electrons. The van der Waals surface area contributed by atoms with Crippen molar-refractivity contribution in [2.45, 2.75) is 13.2 Å². The highest BCUT2D eigenvalue weighted by molar-refractivity contribution is 6.01. The molecule has 220 valence electrons. The van der Waals surface area contributed by atoms with Gasteiger partial charge in [-0.15, -0.1) is 0 Å². The van der Waals surface area contributed by atoms with Crippen LogP contribution in [-0.2, 0) is 42.2 Å². The summed E-state index contributed by atoms with van der Waals surface area (Å²) in [5, 5.41) is 3.46. The van der Waals surface area contributed by atoms with Crippen LogP contribution in [0.4, 0.5) is 0 Å². The van der Waals surface area contributed by atoms with Crippen LogP contribution >= 0.6 is 0 Å². The van der Waals surface area contributed by atoms with Gasteiger partial charge in [0, 0.05) is 5.56 Å². The molecule has 0 unspecified atom stereocenters. The van der Waals surface area contributed by atoms with E-state index >= 15 is 0 Å². The number of rotatable bonds is 14. The number of hydrogen-bond donors (Lipinski definition) is 0. The van der Waals surface area contributed by atoms with E-state index in [1.54, 1.807) is 36.4 Å². The number of carbonyl (C=O) groups excluding carboxylic acids is 2. The summed E-state index contributed by atoms with van der Waals surface area (Å²) in [6.07, 6.45) is 3.61. The number of methoxy groups -OCH3 is 2. The molecule has 10 heteroatoms. The van der Waals surface area contributed by atoms with E-state index < -0.39 is 11.9 Å². The average molecular weight is 577 g/mol. The maximum Gasteiger partial charge on any atom is 0.341 e. The van der Waals surface area contributed by atoms with Crippen molar-refractivity contribution in [2.24, 2.45) is 0 Å². The topological polar surface area (TPSA) is 108 Å². The fraction of sp³-hybridized carbons (Fsp3) is 0.250. The molecule has 0 amide bonds. The van der Waals surface area contributed by atoms with Gasteiger partial charge in [0.2, 0.25) is 0 Å². The minimum atomic E-state index is -0.553. The molecule has 4 rings (SSSR count). The molecule has 0 aliphatic rings. The molecule has 0 fully saturated rings. The minimum absolute atomic E-state index is 0.183. The summed E-state index contributed by atoms with van der Waals surface area (Å²) in [4.78, 5) is 44.1. The first-order valence-electron chi connectivity index (χ1n) is 13.0. The highest BCUT2D eigenvalue weighted by Gasteiger charge is 2.16. The zero-order valence-corrected chi connectivity index (χ0v) is 23.8. The number of benzene rings is 4. The average Bonchev–Trinajstić information content (AvgIpc) is 3.02. The molecule has 0 aromatic heterocycles. The standard InChI is InChI=1S/C32H32O10/c1-35-31(33)24-10-9-23-18-30(28(32(34)36-2)16-26(23)14-24)40-12-6-5-11-39-29-17-22-8-7-21(19-41-37-3)13-25(22)15-27(29)20-42-38-4/h5-10,13-18H,11-12,19-20H2,1-4H3. The Bertz CT molecular complexity index is 1580. The molecule has 0 aliphatic carbocycles. The first kappa shape index (κ1) is 30.5. The third kappa shape index (κ3) is 7.62. The van der Waals surface area contributed by atoms with E-state index in [2.05, 4.69) is 0 Å². The van der Waals surface area contributed by atoms with Crippen molar-refractivity contribution >= 4 is 33.5 Å². The van der Waals surface area contributed by atoms with Gasteiger partial charge in [-0.05, 0) is 81.7 Å². The fourth-order valence-electron chi connectivity index (χ4n) is 4.28. The van der Waals surface area contributed by atoms with Gasteiger partial charge in [0.1, 0.15) is 43.5 Å².